The Hall–Kier alpha value is -0.300. The van der Waals surface area contributed by atoms with Crippen molar-refractivity contribution < 1.29 is 0 Å². The zero-order chi connectivity index (χ0) is 11.2. The van der Waals surface area contributed by atoms with Gasteiger partial charge in [0, 0.05) is 12.1 Å². The van der Waals surface area contributed by atoms with Gasteiger partial charge < -0.3 is 5.32 Å². The summed E-state index contributed by atoms with van der Waals surface area (Å²) in [5, 5.41) is 3.53. The molecular weight excluding hydrogens is 170 g/mol. The normalized spacial score (nSPS) is 15.7. The lowest BCUT2D eigenvalue weighted by Gasteiger charge is -2.22. The number of nitrogens with one attached hydrogen (secondary N) is 1. The molecule has 0 fully saturated rings. The molecule has 0 spiro atoms. The van der Waals surface area contributed by atoms with Crippen LogP contribution in [0.2, 0.25) is 0 Å². The topological polar surface area (TPSA) is 12.0 Å². The van der Waals surface area contributed by atoms with E-state index in [0.717, 1.165) is 13.0 Å². The van der Waals surface area contributed by atoms with Gasteiger partial charge in [0.1, 0.15) is 0 Å². The molecule has 0 saturated carbocycles. The van der Waals surface area contributed by atoms with Crippen molar-refractivity contribution in [3.8, 4) is 0 Å². The molecule has 0 aromatic rings. The van der Waals surface area contributed by atoms with Crippen LogP contribution in [0, 0.1) is 5.92 Å². The summed E-state index contributed by atoms with van der Waals surface area (Å²) in [6.45, 7) is 14.4. The molecule has 0 aliphatic rings. The minimum atomic E-state index is 0.226. The SMILES string of the molecule is CCC(=CC(C)CC)CNC(C)(C)C. The van der Waals surface area contributed by atoms with E-state index in [2.05, 4.69) is 52.9 Å². The first kappa shape index (κ1) is 13.7. The smallest absolute Gasteiger partial charge is 0.0169 e. The summed E-state index contributed by atoms with van der Waals surface area (Å²) in [7, 11) is 0. The van der Waals surface area contributed by atoms with Crippen molar-refractivity contribution in [2.75, 3.05) is 6.54 Å². The van der Waals surface area contributed by atoms with Gasteiger partial charge in [0.05, 0.1) is 0 Å². The Morgan fingerprint density at radius 1 is 1.29 bits per heavy atom. The van der Waals surface area contributed by atoms with Crippen molar-refractivity contribution in [2.45, 2.75) is 59.9 Å². The quantitative estimate of drug-likeness (QED) is 0.662. The van der Waals surface area contributed by atoms with E-state index in [0.29, 0.717) is 5.92 Å². The molecule has 0 radical (unpaired) electrons. The maximum atomic E-state index is 3.53. The molecule has 1 atom stereocenters. The Balaban J connectivity index is 4.09. The highest BCUT2D eigenvalue weighted by molar-refractivity contribution is 5.06. The summed E-state index contributed by atoms with van der Waals surface area (Å²) in [5.74, 6) is 0.715. The Morgan fingerprint density at radius 2 is 1.86 bits per heavy atom. The molecule has 1 nitrogen and oxygen atoms in total. The van der Waals surface area contributed by atoms with Crippen LogP contribution in [0.1, 0.15) is 54.4 Å². The van der Waals surface area contributed by atoms with E-state index in [4.69, 9.17) is 0 Å². The van der Waals surface area contributed by atoms with Gasteiger partial charge in [0.25, 0.3) is 0 Å². The maximum Gasteiger partial charge on any atom is 0.0169 e. The van der Waals surface area contributed by atoms with Gasteiger partial charge in [-0.15, -0.1) is 0 Å². The van der Waals surface area contributed by atoms with Crippen molar-refractivity contribution in [1.82, 2.24) is 5.32 Å². The molecule has 1 N–H and O–H groups in total. The Bertz CT molecular complexity index is 174. The van der Waals surface area contributed by atoms with Crippen LogP contribution in [0.25, 0.3) is 0 Å². The first-order chi connectivity index (χ1) is 6.39. The van der Waals surface area contributed by atoms with Crippen LogP contribution in [-0.4, -0.2) is 12.1 Å². The van der Waals surface area contributed by atoms with Crippen LogP contribution in [0.5, 0.6) is 0 Å². The van der Waals surface area contributed by atoms with Crippen molar-refractivity contribution in [3.05, 3.63) is 11.6 Å². The van der Waals surface area contributed by atoms with E-state index < -0.39 is 0 Å². The van der Waals surface area contributed by atoms with E-state index in [1.54, 1.807) is 0 Å². The van der Waals surface area contributed by atoms with Crippen LogP contribution >= 0.6 is 0 Å². The van der Waals surface area contributed by atoms with Gasteiger partial charge in [-0.3, -0.25) is 0 Å². The summed E-state index contributed by atoms with van der Waals surface area (Å²) in [4.78, 5) is 0. The molecule has 84 valence electrons. The average Bonchev–Trinajstić information content (AvgIpc) is 2.10. The van der Waals surface area contributed by atoms with Gasteiger partial charge in [-0.05, 0) is 33.1 Å². The predicted molar refractivity (Wildman–Crippen MR) is 65.6 cm³/mol. The van der Waals surface area contributed by atoms with Gasteiger partial charge in [-0.25, -0.2) is 0 Å². The monoisotopic (exact) mass is 197 g/mol. The molecule has 0 heterocycles. The Morgan fingerprint density at radius 3 is 2.21 bits per heavy atom. The van der Waals surface area contributed by atoms with E-state index in [9.17, 15) is 0 Å². The Kier molecular flexibility index (Phi) is 6.10. The van der Waals surface area contributed by atoms with Gasteiger partial charge in [-0.1, -0.05) is 38.8 Å². The summed E-state index contributed by atoms with van der Waals surface area (Å²) >= 11 is 0. The van der Waals surface area contributed by atoms with Crippen LogP contribution in [-0.2, 0) is 0 Å². The first-order valence-electron chi connectivity index (χ1n) is 5.83. The van der Waals surface area contributed by atoms with Gasteiger partial charge in [0.15, 0.2) is 0 Å². The summed E-state index contributed by atoms with van der Waals surface area (Å²) in [6.07, 6.45) is 4.81. The fourth-order valence-corrected chi connectivity index (χ4v) is 1.20. The molecule has 0 amide bonds. The molecule has 0 aliphatic heterocycles. The minimum Gasteiger partial charge on any atom is -0.308 e. The number of allylic oxidation sites excluding steroid dienone is 1. The van der Waals surface area contributed by atoms with E-state index >= 15 is 0 Å². The third-order valence-corrected chi connectivity index (χ3v) is 2.46. The Labute approximate surface area is 90.0 Å². The van der Waals surface area contributed by atoms with Crippen LogP contribution in [0.4, 0.5) is 0 Å². The second-order valence-electron chi connectivity index (χ2n) is 5.17. The van der Waals surface area contributed by atoms with Crippen LogP contribution in [0.3, 0.4) is 0 Å². The molecule has 0 aliphatic carbocycles. The van der Waals surface area contributed by atoms with Crippen LogP contribution < -0.4 is 5.32 Å². The second kappa shape index (κ2) is 6.23. The van der Waals surface area contributed by atoms with Gasteiger partial charge in [-0.2, -0.15) is 0 Å². The third-order valence-electron chi connectivity index (χ3n) is 2.46. The predicted octanol–water partition coefficient (Wildman–Crippen LogP) is 3.76. The summed E-state index contributed by atoms with van der Waals surface area (Å²) in [6, 6.07) is 0. The molecule has 0 rings (SSSR count). The highest BCUT2D eigenvalue weighted by Gasteiger charge is 2.09. The molecular formula is C13H27N. The van der Waals surface area contributed by atoms with E-state index in [1.807, 2.05) is 0 Å². The third kappa shape index (κ3) is 7.14. The van der Waals surface area contributed by atoms with E-state index in [1.165, 1.54) is 12.0 Å². The second-order valence-corrected chi connectivity index (χ2v) is 5.17. The van der Waals surface area contributed by atoms with E-state index in [-0.39, 0.29) is 5.54 Å². The molecule has 0 saturated heterocycles. The zero-order valence-electron chi connectivity index (χ0n) is 10.8. The first-order valence-corrected chi connectivity index (χ1v) is 5.83. The summed E-state index contributed by atoms with van der Waals surface area (Å²) in [5.41, 5.74) is 1.76. The number of hydrogen-bond donors (Lipinski definition) is 1. The molecule has 0 bridgehead atoms. The van der Waals surface area contributed by atoms with Crippen LogP contribution in [0.15, 0.2) is 11.6 Å². The molecule has 1 heteroatoms. The molecule has 0 aromatic carbocycles. The highest BCUT2D eigenvalue weighted by Crippen LogP contribution is 2.10. The molecule has 1 unspecified atom stereocenters. The molecule has 0 aromatic heterocycles. The van der Waals surface area contributed by atoms with Crippen molar-refractivity contribution >= 4 is 0 Å². The minimum absolute atomic E-state index is 0.226. The lowest BCUT2D eigenvalue weighted by atomic mass is 10.0. The van der Waals surface area contributed by atoms with Crippen molar-refractivity contribution in [2.24, 2.45) is 5.92 Å². The average molecular weight is 197 g/mol. The van der Waals surface area contributed by atoms with Gasteiger partial charge in [0.2, 0.25) is 0 Å². The lowest BCUT2D eigenvalue weighted by molar-refractivity contribution is 0.441. The number of hydrogen-bond acceptors (Lipinski definition) is 1. The van der Waals surface area contributed by atoms with Crippen molar-refractivity contribution in [1.29, 1.82) is 0 Å². The van der Waals surface area contributed by atoms with Crippen molar-refractivity contribution in [3.63, 3.8) is 0 Å². The standard InChI is InChI=1S/C13H27N/c1-7-11(3)9-12(8-2)10-14-13(4,5)6/h9,11,14H,7-8,10H2,1-6H3. The highest BCUT2D eigenvalue weighted by atomic mass is 14.9. The number of rotatable bonds is 5. The molecule has 14 heavy (non-hydrogen) atoms. The lowest BCUT2D eigenvalue weighted by Crippen LogP contribution is -2.37. The fourth-order valence-electron chi connectivity index (χ4n) is 1.20. The largest absolute Gasteiger partial charge is 0.308 e. The fraction of sp³-hybridized carbons (Fsp3) is 0.846. The maximum absolute atomic E-state index is 3.53. The zero-order valence-corrected chi connectivity index (χ0v) is 10.8. The van der Waals surface area contributed by atoms with Gasteiger partial charge >= 0.3 is 0 Å². The summed E-state index contributed by atoms with van der Waals surface area (Å²) < 4.78 is 0.